The molecule has 1 amide bonds. The van der Waals surface area contributed by atoms with E-state index in [-0.39, 0.29) is 11.4 Å². The second-order valence-corrected chi connectivity index (χ2v) is 7.76. The molecular formula is C12H19IN2OS. The van der Waals surface area contributed by atoms with E-state index >= 15 is 0 Å². The number of thiophene rings is 1. The van der Waals surface area contributed by atoms with Gasteiger partial charge in [-0.25, -0.2) is 0 Å². The highest BCUT2D eigenvalue weighted by Crippen LogP contribution is 2.19. The molecule has 0 radical (unpaired) electrons. The van der Waals surface area contributed by atoms with Crippen molar-refractivity contribution in [1.29, 1.82) is 0 Å². The first-order valence-electron chi connectivity index (χ1n) is 5.63. The van der Waals surface area contributed by atoms with Gasteiger partial charge in [0.2, 0.25) is 0 Å². The normalized spacial score (nSPS) is 14.7. The fourth-order valence-corrected chi connectivity index (χ4v) is 3.19. The SMILES string of the molecule is CC(C)CC(C)(CN)NC(=O)c1csc(I)c1. The Labute approximate surface area is 120 Å². The highest BCUT2D eigenvalue weighted by Gasteiger charge is 2.26. The highest BCUT2D eigenvalue weighted by atomic mass is 127. The van der Waals surface area contributed by atoms with Gasteiger partial charge >= 0.3 is 0 Å². The minimum Gasteiger partial charge on any atom is -0.346 e. The number of nitrogens with two attached hydrogens (primary N) is 1. The van der Waals surface area contributed by atoms with Gasteiger partial charge in [-0.15, -0.1) is 11.3 Å². The molecule has 1 aromatic rings. The lowest BCUT2D eigenvalue weighted by molar-refractivity contribution is 0.0898. The molecule has 96 valence electrons. The summed E-state index contributed by atoms with van der Waals surface area (Å²) in [6.45, 7) is 6.72. The lowest BCUT2D eigenvalue weighted by Gasteiger charge is -2.31. The number of nitrogens with one attached hydrogen (secondary N) is 1. The van der Waals surface area contributed by atoms with Gasteiger partial charge in [0.25, 0.3) is 5.91 Å². The molecule has 17 heavy (non-hydrogen) atoms. The second-order valence-electron chi connectivity index (χ2n) is 4.96. The Bertz CT molecular complexity index is 392. The first-order chi connectivity index (χ1) is 7.86. The van der Waals surface area contributed by atoms with E-state index in [0.717, 1.165) is 14.9 Å². The fourth-order valence-electron chi connectivity index (χ4n) is 1.86. The first-order valence-corrected chi connectivity index (χ1v) is 7.59. The number of carbonyl (C=O) groups is 1. The molecule has 5 heteroatoms. The number of carbonyl (C=O) groups excluding carboxylic acids is 1. The van der Waals surface area contributed by atoms with Gasteiger partial charge in [-0.1, -0.05) is 13.8 Å². The molecular weight excluding hydrogens is 347 g/mol. The molecule has 1 aromatic heterocycles. The summed E-state index contributed by atoms with van der Waals surface area (Å²) >= 11 is 3.79. The Morgan fingerprint density at radius 2 is 2.29 bits per heavy atom. The van der Waals surface area contributed by atoms with E-state index in [2.05, 4.69) is 41.8 Å². The van der Waals surface area contributed by atoms with E-state index in [4.69, 9.17) is 5.73 Å². The molecule has 3 N–H and O–H groups in total. The molecule has 1 rings (SSSR count). The third kappa shape index (κ3) is 4.56. The summed E-state index contributed by atoms with van der Waals surface area (Å²) in [6, 6.07) is 1.90. The van der Waals surface area contributed by atoms with Crippen molar-refractivity contribution in [2.75, 3.05) is 6.54 Å². The molecule has 0 aliphatic rings. The smallest absolute Gasteiger partial charge is 0.252 e. The molecule has 0 aliphatic heterocycles. The van der Waals surface area contributed by atoms with Gasteiger partial charge in [-0.2, -0.15) is 0 Å². The van der Waals surface area contributed by atoms with Gasteiger partial charge in [-0.3, -0.25) is 4.79 Å². The highest BCUT2D eigenvalue weighted by molar-refractivity contribution is 14.1. The maximum Gasteiger partial charge on any atom is 0.252 e. The van der Waals surface area contributed by atoms with Crippen molar-refractivity contribution in [3.05, 3.63) is 19.9 Å². The third-order valence-electron chi connectivity index (χ3n) is 2.55. The first kappa shape index (κ1) is 14.9. The summed E-state index contributed by atoms with van der Waals surface area (Å²) in [4.78, 5) is 12.1. The van der Waals surface area contributed by atoms with Gasteiger partial charge in [0.15, 0.2) is 0 Å². The summed E-state index contributed by atoms with van der Waals surface area (Å²) in [5, 5.41) is 4.92. The average molecular weight is 366 g/mol. The lowest BCUT2D eigenvalue weighted by atomic mass is 9.90. The largest absolute Gasteiger partial charge is 0.346 e. The van der Waals surface area contributed by atoms with Gasteiger partial charge in [0.1, 0.15) is 0 Å². The van der Waals surface area contributed by atoms with Gasteiger partial charge in [0, 0.05) is 17.5 Å². The fraction of sp³-hybridized carbons (Fsp3) is 0.583. The van der Waals surface area contributed by atoms with Gasteiger partial charge < -0.3 is 11.1 Å². The molecule has 0 saturated carbocycles. The number of rotatable bonds is 5. The van der Waals surface area contributed by atoms with E-state index in [1.54, 1.807) is 11.3 Å². The van der Waals surface area contributed by atoms with Crippen molar-refractivity contribution in [2.45, 2.75) is 32.7 Å². The quantitative estimate of drug-likeness (QED) is 0.788. The minimum absolute atomic E-state index is 0.0298. The summed E-state index contributed by atoms with van der Waals surface area (Å²) in [6.07, 6.45) is 0.885. The summed E-state index contributed by atoms with van der Waals surface area (Å²) in [7, 11) is 0. The lowest BCUT2D eigenvalue weighted by Crippen LogP contribution is -2.52. The van der Waals surface area contributed by atoms with Crippen LogP contribution in [-0.4, -0.2) is 18.0 Å². The van der Waals surface area contributed by atoms with Crippen LogP contribution in [0.4, 0.5) is 0 Å². The number of hydrogen-bond donors (Lipinski definition) is 2. The Morgan fingerprint density at radius 1 is 1.65 bits per heavy atom. The van der Waals surface area contributed by atoms with Crippen LogP contribution in [0.1, 0.15) is 37.6 Å². The average Bonchev–Trinajstić information content (AvgIpc) is 2.63. The molecule has 0 spiro atoms. The zero-order valence-electron chi connectivity index (χ0n) is 10.4. The number of amides is 1. The molecule has 1 atom stereocenters. The van der Waals surface area contributed by atoms with Crippen LogP contribution in [-0.2, 0) is 0 Å². The molecule has 0 aliphatic carbocycles. The summed E-state index contributed by atoms with van der Waals surface area (Å²) in [5.41, 5.74) is 6.18. The van der Waals surface area contributed by atoms with Gasteiger partial charge in [0.05, 0.1) is 8.45 Å². The van der Waals surface area contributed by atoms with Gasteiger partial charge in [-0.05, 0) is 47.9 Å². The Balaban J connectivity index is 2.71. The van der Waals surface area contributed by atoms with E-state index in [1.807, 2.05) is 18.4 Å². The van der Waals surface area contributed by atoms with E-state index in [9.17, 15) is 4.79 Å². The monoisotopic (exact) mass is 366 g/mol. The standard InChI is InChI=1S/C12H19IN2OS/c1-8(2)5-12(3,7-14)15-11(16)9-4-10(13)17-6-9/h4,6,8H,5,7,14H2,1-3H3,(H,15,16). The van der Waals surface area contributed by atoms with Crippen molar-refractivity contribution in [3.8, 4) is 0 Å². The molecule has 0 aromatic carbocycles. The predicted molar refractivity (Wildman–Crippen MR) is 81.4 cm³/mol. The third-order valence-corrected chi connectivity index (χ3v) is 4.34. The van der Waals surface area contributed by atoms with Crippen LogP contribution in [0.3, 0.4) is 0 Å². The minimum atomic E-state index is -0.321. The van der Waals surface area contributed by atoms with Crippen LogP contribution < -0.4 is 11.1 Å². The number of hydrogen-bond acceptors (Lipinski definition) is 3. The van der Waals surface area contributed by atoms with Crippen LogP contribution in [0.25, 0.3) is 0 Å². The zero-order chi connectivity index (χ0) is 13.1. The van der Waals surface area contributed by atoms with Crippen LogP contribution in [0, 0.1) is 8.80 Å². The van der Waals surface area contributed by atoms with E-state index < -0.39 is 0 Å². The maximum atomic E-state index is 12.1. The molecule has 3 nitrogen and oxygen atoms in total. The number of halogens is 1. The van der Waals surface area contributed by atoms with Crippen molar-refractivity contribution in [1.82, 2.24) is 5.32 Å². The molecule has 0 saturated heterocycles. The van der Waals surface area contributed by atoms with Crippen LogP contribution >= 0.6 is 33.9 Å². The maximum absolute atomic E-state index is 12.1. The molecule has 0 fully saturated rings. The van der Waals surface area contributed by atoms with Crippen molar-refractivity contribution in [2.24, 2.45) is 11.7 Å². The van der Waals surface area contributed by atoms with Crippen molar-refractivity contribution < 1.29 is 4.79 Å². The van der Waals surface area contributed by atoms with E-state index in [1.165, 1.54) is 0 Å². The zero-order valence-corrected chi connectivity index (χ0v) is 13.4. The Kier molecular flexibility index (Phi) is 5.40. The Hall–Kier alpha value is -0.140. The molecule has 0 bridgehead atoms. The molecule has 1 unspecified atom stereocenters. The van der Waals surface area contributed by atoms with Crippen molar-refractivity contribution in [3.63, 3.8) is 0 Å². The predicted octanol–water partition coefficient (Wildman–Crippen LogP) is 2.85. The summed E-state index contributed by atoms with van der Waals surface area (Å²) in [5.74, 6) is 0.476. The van der Waals surface area contributed by atoms with Crippen LogP contribution in [0.15, 0.2) is 11.4 Å². The molecule has 1 heterocycles. The van der Waals surface area contributed by atoms with Crippen LogP contribution in [0.5, 0.6) is 0 Å². The van der Waals surface area contributed by atoms with Crippen molar-refractivity contribution >= 4 is 39.8 Å². The second kappa shape index (κ2) is 6.15. The summed E-state index contributed by atoms with van der Waals surface area (Å²) < 4.78 is 1.12. The van der Waals surface area contributed by atoms with Crippen LogP contribution in [0.2, 0.25) is 0 Å². The topological polar surface area (TPSA) is 55.1 Å². The van der Waals surface area contributed by atoms with E-state index in [0.29, 0.717) is 12.5 Å². The Morgan fingerprint density at radius 3 is 2.71 bits per heavy atom.